The van der Waals surface area contributed by atoms with Crippen LogP contribution in [-0.2, 0) is 15.3 Å². The van der Waals surface area contributed by atoms with Crippen LogP contribution in [0.5, 0.6) is 0 Å². The first-order chi connectivity index (χ1) is 12.2. The number of halogens is 1. The molecule has 128 valence electrons. The second-order valence-electron chi connectivity index (χ2n) is 5.47. The normalized spacial score (nSPS) is 11.5. The molecule has 0 aliphatic carbocycles. The van der Waals surface area contributed by atoms with Gasteiger partial charge in [0.15, 0.2) is 0 Å². The van der Waals surface area contributed by atoms with Crippen LogP contribution < -0.4 is 0 Å². The summed E-state index contributed by atoms with van der Waals surface area (Å²) in [5, 5.41) is 0. The molecule has 3 aromatic carbocycles. The maximum absolute atomic E-state index is 5.81. The van der Waals surface area contributed by atoms with Gasteiger partial charge in [-0.15, -0.1) is 0 Å². The van der Waals surface area contributed by atoms with Gasteiger partial charge in [0.1, 0.15) is 0 Å². The highest BCUT2D eigenvalue weighted by atomic mass is 79.9. The lowest BCUT2D eigenvalue weighted by Crippen LogP contribution is -2.32. The summed E-state index contributed by atoms with van der Waals surface area (Å²) in [6.07, 6.45) is 0. The minimum Gasteiger partial charge on any atom is -0.346 e. The van der Waals surface area contributed by atoms with E-state index in [1.54, 1.807) is 26.0 Å². The van der Waals surface area contributed by atoms with Crippen molar-refractivity contribution in [3.05, 3.63) is 94.5 Å². The lowest BCUT2D eigenvalue weighted by atomic mass is 9.97. The topological polar surface area (TPSA) is 18.5 Å². The summed E-state index contributed by atoms with van der Waals surface area (Å²) in [5.41, 5.74) is 1.90. The summed E-state index contributed by atoms with van der Waals surface area (Å²) < 4.78 is 12.6. The highest BCUT2D eigenvalue weighted by Gasteiger charge is 2.34. The van der Waals surface area contributed by atoms with Gasteiger partial charge < -0.3 is 9.47 Å². The Bertz CT molecular complexity index is 798. The average Bonchev–Trinajstić information content (AvgIpc) is 2.66. The van der Waals surface area contributed by atoms with Gasteiger partial charge in [-0.2, -0.15) is 0 Å². The Morgan fingerprint density at radius 1 is 0.680 bits per heavy atom. The Labute approximate surface area is 161 Å². The molecule has 0 fully saturated rings. The van der Waals surface area contributed by atoms with E-state index < -0.39 is 5.79 Å². The summed E-state index contributed by atoms with van der Waals surface area (Å²) in [4.78, 5) is 2.39. The molecule has 0 saturated carbocycles. The van der Waals surface area contributed by atoms with E-state index in [-0.39, 0.29) is 0 Å². The zero-order valence-electron chi connectivity index (χ0n) is 14.1. The number of benzene rings is 3. The molecule has 0 spiro atoms. The van der Waals surface area contributed by atoms with Crippen LogP contribution in [0.4, 0.5) is 0 Å². The lowest BCUT2D eigenvalue weighted by Gasteiger charge is -2.32. The molecule has 0 bridgehead atoms. The van der Waals surface area contributed by atoms with Crippen LogP contribution in [0.15, 0.2) is 93.1 Å². The van der Waals surface area contributed by atoms with Crippen molar-refractivity contribution >= 4 is 27.7 Å². The van der Waals surface area contributed by atoms with Crippen LogP contribution in [-0.4, -0.2) is 14.2 Å². The van der Waals surface area contributed by atoms with Crippen molar-refractivity contribution < 1.29 is 9.47 Å². The molecule has 25 heavy (non-hydrogen) atoms. The third-order valence-electron chi connectivity index (χ3n) is 4.01. The Balaban J connectivity index is 1.91. The lowest BCUT2D eigenvalue weighted by molar-refractivity contribution is -0.183. The van der Waals surface area contributed by atoms with Crippen LogP contribution in [0.2, 0.25) is 0 Å². The van der Waals surface area contributed by atoms with Crippen LogP contribution in [0.25, 0.3) is 0 Å². The van der Waals surface area contributed by atoms with Crippen LogP contribution in [0.3, 0.4) is 0 Å². The third-order valence-corrected chi connectivity index (χ3v) is 5.56. The number of hydrogen-bond donors (Lipinski definition) is 0. The fourth-order valence-electron chi connectivity index (χ4n) is 2.76. The zero-order chi connectivity index (χ0) is 17.7. The Morgan fingerprint density at radius 3 is 1.68 bits per heavy atom. The summed E-state index contributed by atoms with van der Waals surface area (Å²) in [6, 6.07) is 26.6. The molecule has 0 atom stereocenters. The van der Waals surface area contributed by atoms with Gasteiger partial charge in [0, 0.05) is 39.6 Å². The molecule has 0 aliphatic heterocycles. The van der Waals surface area contributed by atoms with Crippen molar-refractivity contribution in [2.75, 3.05) is 14.2 Å². The first kappa shape index (κ1) is 18.2. The molecule has 0 N–H and O–H groups in total. The van der Waals surface area contributed by atoms with Gasteiger partial charge in [0.25, 0.3) is 0 Å². The second-order valence-corrected chi connectivity index (χ2v) is 7.53. The summed E-state index contributed by atoms with van der Waals surface area (Å²) in [7, 11) is 3.33. The Hall–Kier alpha value is -1.59. The predicted molar refractivity (Wildman–Crippen MR) is 106 cm³/mol. The van der Waals surface area contributed by atoms with E-state index in [9.17, 15) is 0 Å². The maximum atomic E-state index is 5.81. The largest absolute Gasteiger partial charge is 0.346 e. The molecule has 0 aliphatic rings. The van der Waals surface area contributed by atoms with Crippen molar-refractivity contribution in [2.45, 2.75) is 15.6 Å². The van der Waals surface area contributed by atoms with Gasteiger partial charge in [-0.3, -0.25) is 0 Å². The Morgan fingerprint density at radius 2 is 1.16 bits per heavy atom. The maximum Gasteiger partial charge on any atom is 0.221 e. The second kappa shape index (κ2) is 8.19. The zero-order valence-corrected chi connectivity index (χ0v) is 16.5. The van der Waals surface area contributed by atoms with Gasteiger partial charge in [-0.25, -0.2) is 0 Å². The van der Waals surface area contributed by atoms with Gasteiger partial charge in [-0.05, 0) is 36.4 Å². The molecule has 0 saturated heterocycles. The minimum atomic E-state index is -0.920. The van der Waals surface area contributed by atoms with E-state index in [0.29, 0.717) is 0 Å². The van der Waals surface area contributed by atoms with Crippen molar-refractivity contribution in [2.24, 2.45) is 0 Å². The highest BCUT2D eigenvalue weighted by molar-refractivity contribution is 9.10. The first-order valence-corrected chi connectivity index (χ1v) is 9.48. The van der Waals surface area contributed by atoms with Gasteiger partial charge in [0.05, 0.1) is 0 Å². The molecular formula is C21H19BrO2S. The van der Waals surface area contributed by atoms with Crippen molar-refractivity contribution in [1.29, 1.82) is 0 Å². The quantitative estimate of drug-likeness (QED) is 0.454. The van der Waals surface area contributed by atoms with Crippen LogP contribution in [0, 0.1) is 0 Å². The van der Waals surface area contributed by atoms with Gasteiger partial charge in [-0.1, -0.05) is 70.2 Å². The molecule has 0 radical (unpaired) electrons. The van der Waals surface area contributed by atoms with E-state index in [2.05, 4.69) is 52.3 Å². The van der Waals surface area contributed by atoms with Crippen molar-refractivity contribution in [3.8, 4) is 0 Å². The number of hydrogen-bond acceptors (Lipinski definition) is 3. The summed E-state index contributed by atoms with van der Waals surface area (Å²) in [5.74, 6) is -0.920. The molecule has 2 nitrogen and oxygen atoms in total. The molecule has 3 aromatic rings. The molecule has 0 unspecified atom stereocenters. The summed E-state index contributed by atoms with van der Waals surface area (Å²) >= 11 is 5.20. The van der Waals surface area contributed by atoms with E-state index >= 15 is 0 Å². The smallest absolute Gasteiger partial charge is 0.221 e. The Kier molecular flexibility index (Phi) is 5.97. The minimum absolute atomic E-state index is 0.920. The third kappa shape index (κ3) is 3.98. The molecular weight excluding hydrogens is 396 g/mol. The standard InChI is InChI=1S/C21H19BrO2S/c1-23-21(24-2,16-8-12-18(22)13-9-16)17-10-14-20(15-11-17)25-19-6-4-3-5-7-19/h3-15H,1-2H3. The van der Waals surface area contributed by atoms with Crippen LogP contribution >= 0.6 is 27.7 Å². The van der Waals surface area contributed by atoms with E-state index in [4.69, 9.17) is 9.47 Å². The van der Waals surface area contributed by atoms with E-state index in [0.717, 1.165) is 15.6 Å². The van der Waals surface area contributed by atoms with Gasteiger partial charge >= 0.3 is 0 Å². The number of rotatable bonds is 6. The van der Waals surface area contributed by atoms with E-state index in [1.165, 1.54) is 9.79 Å². The molecule has 0 amide bonds. The molecule has 4 heteroatoms. The predicted octanol–water partition coefficient (Wildman–Crippen LogP) is 6.09. The molecule has 0 aromatic heterocycles. The molecule has 0 heterocycles. The fraction of sp³-hybridized carbons (Fsp3) is 0.143. The monoisotopic (exact) mass is 414 g/mol. The van der Waals surface area contributed by atoms with Crippen molar-refractivity contribution in [3.63, 3.8) is 0 Å². The fourth-order valence-corrected chi connectivity index (χ4v) is 3.86. The number of ether oxygens (including phenoxy) is 2. The number of methoxy groups -OCH3 is 2. The van der Waals surface area contributed by atoms with Crippen LogP contribution in [0.1, 0.15) is 11.1 Å². The first-order valence-electron chi connectivity index (χ1n) is 7.88. The van der Waals surface area contributed by atoms with E-state index in [1.807, 2.05) is 42.5 Å². The molecule has 3 rings (SSSR count). The SMILES string of the molecule is COC(OC)(c1ccc(Br)cc1)c1ccc(Sc2ccccc2)cc1. The van der Waals surface area contributed by atoms with Crippen molar-refractivity contribution in [1.82, 2.24) is 0 Å². The summed E-state index contributed by atoms with van der Waals surface area (Å²) in [6.45, 7) is 0. The highest BCUT2D eigenvalue weighted by Crippen LogP contribution is 2.36. The van der Waals surface area contributed by atoms with Gasteiger partial charge in [0.2, 0.25) is 5.79 Å². The average molecular weight is 415 g/mol.